The van der Waals surface area contributed by atoms with Crippen LogP contribution in [-0.4, -0.2) is 48.9 Å². The maximum atomic E-state index is 11.8. The van der Waals surface area contributed by atoms with E-state index < -0.39 is 24.0 Å². The second kappa shape index (κ2) is 9.75. The molecule has 0 aliphatic carbocycles. The number of carbonyl (C=O) groups is 2. The minimum atomic E-state index is -1.02. The van der Waals surface area contributed by atoms with Gasteiger partial charge in [0.1, 0.15) is 12.1 Å². The van der Waals surface area contributed by atoms with Crippen molar-refractivity contribution in [3.63, 3.8) is 0 Å². The average molecular weight is 275 g/mol. The number of aliphatic carboxylic acids is 1. The molecule has 0 fully saturated rings. The van der Waals surface area contributed by atoms with Crippen molar-refractivity contribution in [2.24, 2.45) is 5.92 Å². The molecule has 0 saturated carbocycles. The topological polar surface area (TPSA) is 84.9 Å². The van der Waals surface area contributed by atoms with Gasteiger partial charge in [-0.1, -0.05) is 20.3 Å². The predicted molar refractivity (Wildman–Crippen MR) is 70.9 cm³/mol. The number of carboxylic acids is 1. The molecule has 0 rings (SSSR count). The van der Waals surface area contributed by atoms with Crippen molar-refractivity contribution in [1.29, 1.82) is 0 Å². The zero-order valence-electron chi connectivity index (χ0n) is 12.1. The summed E-state index contributed by atoms with van der Waals surface area (Å²) in [5.41, 5.74) is 0. The van der Waals surface area contributed by atoms with E-state index in [0.29, 0.717) is 26.2 Å². The van der Waals surface area contributed by atoms with Crippen LogP contribution in [0, 0.1) is 5.92 Å². The quantitative estimate of drug-likeness (QED) is 0.582. The van der Waals surface area contributed by atoms with Crippen molar-refractivity contribution < 1.29 is 24.2 Å². The summed E-state index contributed by atoms with van der Waals surface area (Å²) in [5.74, 6) is -1.56. The maximum absolute atomic E-state index is 11.8. The van der Waals surface area contributed by atoms with Crippen molar-refractivity contribution in [1.82, 2.24) is 5.32 Å². The van der Waals surface area contributed by atoms with E-state index in [1.165, 1.54) is 0 Å². The van der Waals surface area contributed by atoms with Gasteiger partial charge in [-0.2, -0.15) is 0 Å². The van der Waals surface area contributed by atoms with Gasteiger partial charge in [0.2, 0.25) is 5.91 Å². The van der Waals surface area contributed by atoms with Crippen LogP contribution < -0.4 is 5.32 Å². The molecule has 0 radical (unpaired) electrons. The summed E-state index contributed by atoms with van der Waals surface area (Å²) in [4.78, 5) is 22.9. The second-order valence-electron chi connectivity index (χ2n) is 4.42. The Morgan fingerprint density at radius 1 is 1.21 bits per heavy atom. The third-order valence-electron chi connectivity index (χ3n) is 2.95. The Labute approximate surface area is 114 Å². The zero-order valence-corrected chi connectivity index (χ0v) is 12.1. The lowest BCUT2D eigenvalue weighted by atomic mass is 9.99. The summed E-state index contributed by atoms with van der Waals surface area (Å²) in [6, 6.07) is -0.879. The van der Waals surface area contributed by atoms with Crippen molar-refractivity contribution in [2.75, 3.05) is 19.8 Å². The van der Waals surface area contributed by atoms with Gasteiger partial charge in [-0.3, -0.25) is 4.79 Å². The van der Waals surface area contributed by atoms with Gasteiger partial charge in [-0.05, 0) is 19.8 Å². The van der Waals surface area contributed by atoms with Gasteiger partial charge in [-0.25, -0.2) is 4.79 Å². The largest absolute Gasteiger partial charge is 0.480 e. The lowest BCUT2D eigenvalue weighted by Gasteiger charge is -2.22. The zero-order chi connectivity index (χ0) is 14.8. The highest BCUT2D eigenvalue weighted by Gasteiger charge is 2.27. The molecule has 0 saturated heterocycles. The number of amides is 1. The van der Waals surface area contributed by atoms with Gasteiger partial charge in [0, 0.05) is 6.61 Å². The van der Waals surface area contributed by atoms with E-state index in [0.717, 1.165) is 0 Å². The van der Waals surface area contributed by atoms with E-state index in [2.05, 4.69) is 5.32 Å². The Morgan fingerprint density at radius 3 is 2.32 bits per heavy atom. The summed E-state index contributed by atoms with van der Waals surface area (Å²) >= 11 is 0. The number of nitrogens with one attached hydrogen (secondary N) is 1. The van der Waals surface area contributed by atoms with E-state index in [1.54, 1.807) is 13.8 Å². The summed E-state index contributed by atoms with van der Waals surface area (Å²) in [6.07, 6.45) is -0.0111. The van der Waals surface area contributed by atoms with Crippen molar-refractivity contribution in [2.45, 2.75) is 46.3 Å². The number of rotatable bonds is 10. The van der Waals surface area contributed by atoms with Crippen LogP contribution >= 0.6 is 0 Å². The van der Waals surface area contributed by atoms with Gasteiger partial charge < -0.3 is 19.9 Å². The monoisotopic (exact) mass is 275 g/mol. The molecular weight excluding hydrogens is 250 g/mol. The first-order valence-corrected chi connectivity index (χ1v) is 6.66. The van der Waals surface area contributed by atoms with Crippen LogP contribution in [-0.2, 0) is 19.1 Å². The van der Waals surface area contributed by atoms with Crippen LogP contribution in [0.3, 0.4) is 0 Å². The van der Waals surface area contributed by atoms with Crippen molar-refractivity contribution in [3.8, 4) is 0 Å². The molecular formula is C13H25NO5. The number of carbonyl (C=O) groups excluding carboxylic acids is 1. The smallest absolute Gasteiger partial charge is 0.326 e. The lowest BCUT2D eigenvalue weighted by molar-refractivity contribution is -0.145. The Bertz CT molecular complexity index is 282. The van der Waals surface area contributed by atoms with Crippen molar-refractivity contribution >= 4 is 11.9 Å². The maximum Gasteiger partial charge on any atom is 0.326 e. The fourth-order valence-corrected chi connectivity index (χ4v) is 1.46. The molecule has 1 amide bonds. The molecule has 1 unspecified atom stereocenters. The SMILES string of the molecule is CCOCCOC(C)C(=O)N[C@H](C(=O)O)[C@@H](C)CC. The summed E-state index contributed by atoms with van der Waals surface area (Å²) in [5, 5.41) is 11.6. The number of ether oxygens (including phenoxy) is 2. The number of carboxylic acid groups (broad SMARTS) is 1. The standard InChI is InChI=1S/C13H25NO5/c1-5-9(3)11(13(16)17)14-12(15)10(4)19-8-7-18-6-2/h9-11H,5-8H2,1-4H3,(H,14,15)(H,16,17)/t9-,10?,11-/m0/s1. The molecule has 0 bridgehead atoms. The predicted octanol–water partition coefficient (Wildman–Crippen LogP) is 1.04. The normalized spacial score (nSPS) is 15.6. The van der Waals surface area contributed by atoms with E-state index >= 15 is 0 Å². The molecule has 0 aromatic carbocycles. The van der Waals surface area contributed by atoms with Gasteiger partial charge in [0.15, 0.2) is 0 Å². The third-order valence-corrected chi connectivity index (χ3v) is 2.95. The summed E-state index contributed by atoms with van der Waals surface area (Å²) in [6.45, 7) is 8.47. The highest BCUT2D eigenvalue weighted by Crippen LogP contribution is 2.08. The second-order valence-corrected chi connectivity index (χ2v) is 4.42. The number of hydrogen-bond acceptors (Lipinski definition) is 4. The van der Waals surface area contributed by atoms with Crippen LogP contribution in [0.2, 0.25) is 0 Å². The molecule has 0 aliphatic heterocycles. The summed E-state index contributed by atoms with van der Waals surface area (Å²) < 4.78 is 10.4. The molecule has 0 aliphatic rings. The molecule has 0 aromatic rings. The summed E-state index contributed by atoms with van der Waals surface area (Å²) in [7, 11) is 0. The van der Waals surface area contributed by atoms with E-state index in [-0.39, 0.29) is 5.92 Å². The molecule has 6 heteroatoms. The van der Waals surface area contributed by atoms with Crippen LogP contribution in [0.5, 0.6) is 0 Å². The first-order valence-electron chi connectivity index (χ1n) is 6.66. The van der Waals surface area contributed by atoms with Gasteiger partial charge in [0.05, 0.1) is 13.2 Å². The van der Waals surface area contributed by atoms with E-state index in [1.807, 2.05) is 13.8 Å². The minimum absolute atomic E-state index is 0.128. The van der Waals surface area contributed by atoms with Crippen molar-refractivity contribution in [3.05, 3.63) is 0 Å². The average Bonchev–Trinajstić information content (AvgIpc) is 2.39. The molecule has 0 aromatic heterocycles. The van der Waals surface area contributed by atoms with Gasteiger partial charge >= 0.3 is 5.97 Å². The Morgan fingerprint density at radius 2 is 1.84 bits per heavy atom. The minimum Gasteiger partial charge on any atom is -0.480 e. The lowest BCUT2D eigenvalue weighted by Crippen LogP contribution is -2.48. The molecule has 6 nitrogen and oxygen atoms in total. The number of hydrogen-bond donors (Lipinski definition) is 2. The first-order chi connectivity index (χ1) is 8.93. The van der Waals surface area contributed by atoms with E-state index in [9.17, 15) is 9.59 Å². The first kappa shape index (κ1) is 17.9. The fourth-order valence-electron chi connectivity index (χ4n) is 1.46. The molecule has 2 N–H and O–H groups in total. The van der Waals surface area contributed by atoms with E-state index in [4.69, 9.17) is 14.6 Å². The molecule has 0 heterocycles. The van der Waals surface area contributed by atoms with Crippen LogP contribution in [0.1, 0.15) is 34.1 Å². The van der Waals surface area contributed by atoms with Crippen LogP contribution in [0.15, 0.2) is 0 Å². The third kappa shape index (κ3) is 7.12. The molecule has 112 valence electrons. The van der Waals surface area contributed by atoms with Crippen LogP contribution in [0.25, 0.3) is 0 Å². The Kier molecular flexibility index (Phi) is 9.16. The fraction of sp³-hybridized carbons (Fsp3) is 0.846. The van der Waals surface area contributed by atoms with Crippen LogP contribution in [0.4, 0.5) is 0 Å². The molecule has 19 heavy (non-hydrogen) atoms. The highest BCUT2D eigenvalue weighted by molar-refractivity contribution is 5.86. The Hall–Kier alpha value is -1.14. The molecule has 0 spiro atoms. The van der Waals surface area contributed by atoms with Gasteiger partial charge in [0.25, 0.3) is 0 Å². The Balaban J connectivity index is 4.20. The molecule has 3 atom stereocenters. The highest BCUT2D eigenvalue weighted by atomic mass is 16.5. The van der Waals surface area contributed by atoms with Gasteiger partial charge in [-0.15, -0.1) is 0 Å².